The second-order valence-corrected chi connectivity index (χ2v) is 8.79. The van der Waals surface area contributed by atoms with Crippen molar-refractivity contribution in [1.29, 1.82) is 0 Å². The van der Waals surface area contributed by atoms with E-state index in [2.05, 4.69) is 0 Å². The van der Waals surface area contributed by atoms with Crippen molar-refractivity contribution in [2.24, 2.45) is 5.73 Å². The molecule has 0 aromatic heterocycles. The quantitative estimate of drug-likeness (QED) is 0.278. The lowest BCUT2D eigenvalue weighted by Gasteiger charge is -2.29. The molecule has 0 spiro atoms. The number of primary amides is 1. The Morgan fingerprint density at radius 2 is 1.29 bits per heavy atom. The first-order valence-electron chi connectivity index (χ1n) is 12.2. The van der Waals surface area contributed by atoms with Crippen LogP contribution in [0.2, 0.25) is 0 Å². The van der Waals surface area contributed by atoms with Crippen molar-refractivity contribution in [3.8, 4) is 22.6 Å². The van der Waals surface area contributed by atoms with Crippen LogP contribution < -0.4 is 10.5 Å². The fourth-order valence-corrected chi connectivity index (χ4v) is 4.10. The summed E-state index contributed by atoms with van der Waals surface area (Å²) in [5.74, 6) is -0.986. The summed E-state index contributed by atoms with van der Waals surface area (Å²) < 4.78 is 5.83. The van der Waals surface area contributed by atoms with Gasteiger partial charge in [0.05, 0.1) is 0 Å². The van der Waals surface area contributed by atoms with Crippen molar-refractivity contribution >= 4 is 17.8 Å². The number of carbonyl (C=O) groups is 3. The van der Waals surface area contributed by atoms with Gasteiger partial charge >= 0.3 is 5.97 Å². The van der Waals surface area contributed by atoms with Crippen LogP contribution in [0.1, 0.15) is 28.8 Å². The smallest absolute Gasteiger partial charge is 0.326 e. The lowest BCUT2D eigenvalue weighted by molar-refractivity contribution is -0.143. The van der Waals surface area contributed by atoms with Crippen LogP contribution >= 0.6 is 0 Å². The molecule has 38 heavy (non-hydrogen) atoms. The lowest BCUT2D eigenvalue weighted by Crippen LogP contribution is -2.45. The van der Waals surface area contributed by atoms with Gasteiger partial charge < -0.3 is 20.5 Å². The van der Waals surface area contributed by atoms with Crippen LogP contribution in [0.4, 0.5) is 0 Å². The van der Waals surface area contributed by atoms with Gasteiger partial charge in [-0.2, -0.15) is 0 Å². The second kappa shape index (κ2) is 12.4. The minimum Gasteiger partial charge on any atom is -0.480 e. The molecule has 4 rings (SSSR count). The van der Waals surface area contributed by atoms with E-state index in [1.807, 2.05) is 72.8 Å². The van der Waals surface area contributed by atoms with Crippen LogP contribution in [0.3, 0.4) is 0 Å². The Morgan fingerprint density at radius 1 is 0.737 bits per heavy atom. The topological polar surface area (TPSA) is 110 Å². The summed E-state index contributed by atoms with van der Waals surface area (Å²) in [6, 6.07) is 31.9. The highest BCUT2D eigenvalue weighted by Crippen LogP contribution is 2.24. The Morgan fingerprint density at radius 3 is 1.87 bits per heavy atom. The normalized spacial score (nSPS) is 11.4. The van der Waals surface area contributed by atoms with E-state index >= 15 is 0 Å². The standard InChI is InChI=1S/C31H28N2O5/c32-29(34)20-19-28(31(36)37)33(21-22-11-17-27(18-12-22)38-26-9-5-2-6-10-26)30(35)25-15-13-24(14-16-25)23-7-3-1-4-8-23/h1-18,28H,19-21H2,(H2,32,34)(H,36,37)/t28-/m0/s1. The van der Waals surface area contributed by atoms with Crippen LogP contribution in [-0.4, -0.2) is 33.8 Å². The summed E-state index contributed by atoms with van der Waals surface area (Å²) in [5.41, 5.74) is 8.28. The van der Waals surface area contributed by atoms with Gasteiger partial charge in [-0.15, -0.1) is 0 Å². The van der Waals surface area contributed by atoms with Crippen LogP contribution in [0.25, 0.3) is 11.1 Å². The molecular weight excluding hydrogens is 480 g/mol. The van der Waals surface area contributed by atoms with Crippen LogP contribution in [-0.2, 0) is 16.1 Å². The molecule has 0 heterocycles. The second-order valence-electron chi connectivity index (χ2n) is 8.79. The molecule has 0 radical (unpaired) electrons. The number of carboxylic acid groups (broad SMARTS) is 1. The Bertz CT molecular complexity index is 1370. The molecule has 2 amide bonds. The molecule has 1 atom stereocenters. The van der Waals surface area contributed by atoms with Gasteiger partial charge in [-0.1, -0.05) is 72.8 Å². The maximum absolute atomic E-state index is 13.6. The first-order chi connectivity index (χ1) is 18.4. The van der Waals surface area contributed by atoms with E-state index in [-0.39, 0.29) is 19.4 Å². The monoisotopic (exact) mass is 508 g/mol. The molecule has 0 aliphatic carbocycles. The van der Waals surface area contributed by atoms with Gasteiger partial charge in [0.2, 0.25) is 5.91 Å². The summed E-state index contributed by atoms with van der Waals surface area (Å²) in [6.45, 7) is 0.0284. The fourth-order valence-electron chi connectivity index (χ4n) is 4.10. The number of carboxylic acids is 1. The van der Waals surface area contributed by atoms with Gasteiger partial charge in [-0.3, -0.25) is 9.59 Å². The molecule has 0 saturated carbocycles. The van der Waals surface area contributed by atoms with E-state index in [4.69, 9.17) is 10.5 Å². The summed E-state index contributed by atoms with van der Waals surface area (Å²) in [7, 11) is 0. The fraction of sp³-hybridized carbons (Fsp3) is 0.129. The minimum absolute atomic E-state index is 0.0284. The van der Waals surface area contributed by atoms with Crippen LogP contribution in [0.15, 0.2) is 109 Å². The Labute approximate surface area is 221 Å². The highest BCUT2D eigenvalue weighted by atomic mass is 16.5. The van der Waals surface area contributed by atoms with Gasteiger partial charge in [-0.05, 0) is 59.5 Å². The Kier molecular flexibility index (Phi) is 8.51. The zero-order chi connectivity index (χ0) is 26.9. The average molecular weight is 509 g/mol. The molecule has 0 bridgehead atoms. The first kappa shape index (κ1) is 26.2. The van der Waals surface area contributed by atoms with E-state index in [9.17, 15) is 19.5 Å². The van der Waals surface area contributed by atoms with E-state index in [1.54, 1.807) is 36.4 Å². The third-order valence-corrected chi connectivity index (χ3v) is 6.08. The largest absolute Gasteiger partial charge is 0.480 e. The number of aliphatic carboxylic acids is 1. The van der Waals surface area contributed by atoms with E-state index < -0.39 is 23.8 Å². The number of nitrogens with zero attached hydrogens (tertiary/aromatic N) is 1. The average Bonchev–Trinajstić information content (AvgIpc) is 2.94. The number of benzene rings is 4. The molecule has 4 aromatic carbocycles. The van der Waals surface area contributed by atoms with Gasteiger partial charge in [0.15, 0.2) is 0 Å². The maximum Gasteiger partial charge on any atom is 0.326 e. The van der Waals surface area contributed by atoms with Gasteiger partial charge in [0, 0.05) is 18.5 Å². The van der Waals surface area contributed by atoms with Gasteiger partial charge in [0.1, 0.15) is 17.5 Å². The number of ether oxygens (including phenoxy) is 1. The summed E-state index contributed by atoms with van der Waals surface area (Å²) in [6.07, 6.45) is -0.245. The molecule has 0 saturated heterocycles. The van der Waals surface area contributed by atoms with Crippen molar-refractivity contribution in [1.82, 2.24) is 4.90 Å². The summed E-state index contributed by atoms with van der Waals surface area (Å²) in [5, 5.41) is 9.97. The van der Waals surface area contributed by atoms with E-state index in [0.29, 0.717) is 22.6 Å². The molecule has 0 fully saturated rings. The number of rotatable bonds is 11. The SMILES string of the molecule is NC(=O)CC[C@@H](C(=O)O)N(Cc1ccc(Oc2ccccc2)cc1)C(=O)c1ccc(-c2ccccc2)cc1. The number of nitrogens with two attached hydrogens (primary N) is 1. The lowest BCUT2D eigenvalue weighted by atomic mass is 10.0. The maximum atomic E-state index is 13.6. The molecule has 0 unspecified atom stereocenters. The predicted octanol–water partition coefficient (Wildman–Crippen LogP) is 5.51. The molecule has 7 heteroatoms. The van der Waals surface area contributed by atoms with E-state index in [0.717, 1.165) is 11.1 Å². The minimum atomic E-state index is -1.23. The highest BCUT2D eigenvalue weighted by Gasteiger charge is 2.31. The zero-order valence-corrected chi connectivity index (χ0v) is 20.7. The molecule has 192 valence electrons. The van der Waals surface area contributed by atoms with Crippen molar-refractivity contribution in [2.75, 3.05) is 0 Å². The number of carbonyl (C=O) groups excluding carboxylic acids is 2. The first-order valence-corrected chi connectivity index (χ1v) is 12.2. The number of amides is 2. The molecule has 4 aromatic rings. The van der Waals surface area contributed by atoms with Gasteiger partial charge in [-0.25, -0.2) is 4.79 Å². The number of hydrogen-bond donors (Lipinski definition) is 2. The molecule has 3 N–H and O–H groups in total. The van der Waals surface area contributed by atoms with E-state index in [1.165, 1.54) is 4.90 Å². The number of hydrogen-bond acceptors (Lipinski definition) is 4. The molecule has 0 aliphatic heterocycles. The van der Waals surface area contributed by atoms with Crippen molar-refractivity contribution in [3.63, 3.8) is 0 Å². The Balaban J connectivity index is 1.58. The zero-order valence-electron chi connectivity index (χ0n) is 20.7. The van der Waals surface area contributed by atoms with Crippen LogP contribution in [0, 0.1) is 0 Å². The molecule has 0 aliphatic rings. The molecular formula is C31H28N2O5. The predicted molar refractivity (Wildman–Crippen MR) is 145 cm³/mol. The third kappa shape index (κ3) is 6.85. The third-order valence-electron chi connectivity index (χ3n) is 6.08. The van der Waals surface area contributed by atoms with Gasteiger partial charge in [0.25, 0.3) is 5.91 Å². The van der Waals surface area contributed by atoms with Crippen molar-refractivity contribution in [2.45, 2.75) is 25.4 Å². The molecule has 7 nitrogen and oxygen atoms in total. The van der Waals surface area contributed by atoms with Crippen LogP contribution in [0.5, 0.6) is 11.5 Å². The van der Waals surface area contributed by atoms with Crippen molar-refractivity contribution < 1.29 is 24.2 Å². The van der Waals surface area contributed by atoms with Crippen molar-refractivity contribution in [3.05, 3.63) is 120 Å². The Hall–Kier alpha value is -4.91. The highest BCUT2D eigenvalue weighted by molar-refractivity contribution is 5.97. The summed E-state index contributed by atoms with van der Waals surface area (Å²) in [4.78, 5) is 38.5. The summed E-state index contributed by atoms with van der Waals surface area (Å²) >= 11 is 0. The number of para-hydroxylation sites is 1.